The molecular formula is C14H22ClNO2. The lowest BCUT2D eigenvalue weighted by molar-refractivity contribution is 0.0526. The number of esters is 1. The van der Waals surface area contributed by atoms with Crippen molar-refractivity contribution >= 4 is 18.4 Å². The maximum Gasteiger partial charge on any atom is 0.338 e. The third-order valence-corrected chi connectivity index (χ3v) is 2.49. The van der Waals surface area contributed by atoms with E-state index in [9.17, 15) is 4.79 Å². The molecule has 1 aromatic carbocycles. The first-order valence-corrected chi connectivity index (χ1v) is 6.27. The monoisotopic (exact) mass is 271 g/mol. The lowest BCUT2D eigenvalue weighted by atomic mass is 10.2. The molecule has 0 unspecified atom stereocenters. The third-order valence-electron chi connectivity index (χ3n) is 2.49. The molecule has 0 aliphatic carbocycles. The molecule has 0 bridgehead atoms. The minimum atomic E-state index is -0.256. The van der Waals surface area contributed by atoms with Crippen molar-refractivity contribution in [1.82, 2.24) is 5.32 Å². The third kappa shape index (κ3) is 7.30. The van der Waals surface area contributed by atoms with Crippen LogP contribution in [0.3, 0.4) is 0 Å². The van der Waals surface area contributed by atoms with Crippen LogP contribution in [0.1, 0.15) is 36.5 Å². The molecular weight excluding hydrogens is 250 g/mol. The molecule has 2 rings (SSSR count). The van der Waals surface area contributed by atoms with E-state index < -0.39 is 0 Å². The lowest BCUT2D eigenvalue weighted by Crippen LogP contribution is -2.21. The Kier molecular flexibility index (Phi) is 10.4. The fraction of sp³-hybridized carbons (Fsp3) is 0.500. The molecule has 0 atom stereocenters. The molecule has 1 fully saturated rings. The molecule has 0 radical (unpaired) electrons. The van der Waals surface area contributed by atoms with Crippen molar-refractivity contribution in [3.05, 3.63) is 35.9 Å². The first-order valence-electron chi connectivity index (χ1n) is 6.27. The van der Waals surface area contributed by atoms with Gasteiger partial charge in [0, 0.05) is 0 Å². The predicted octanol–water partition coefficient (Wildman–Crippen LogP) is 3.05. The Labute approximate surface area is 115 Å². The molecule has 0 aromatic heterocycles. The first-order chi connectivity index (χ1) is 8.34. The van der Waals surface area contributed by atoms with Gasteiger partial charge in [-0.05, 0) is 45.0 Å². The Balaban J connectivity index is 0.000000352. The summed E-state index contributed by atoms with van der Waals surface area (Å²) < 4.78 is 4.79. The van der Waals surface area contributed by atoms with Gasteiger partial charge in [0.05, 0.1) is 12.2 Å². The predicted molar refractivity (Wildman–Crippen MR) is 76.4 cm³/mol. The fourth-order valence-electron chi connectivity index (χ4n) is 1.59. The standard InChI is InChI=1S/C9H10O2.C5H11N.ClH/c1-2-11-9(10)8-6-4-3-5-7-8;1-2-4-6-5-3-1;/h3-7H,2H2,1H3;6H,1-5H2;1H. The van der Waals surface area contributed by atoms with Gasteiger partial charge in [-0.2, -0.15) is 0 Å². The highest BCUT2D eigenvalue weighted by Gasteiger charge is 2.02. The summed E-state index contributed by atoms with van der Waals surface area (Å²) in [4.78, 5) is 11.0. The smallest absolute Gasteiger partial charge is 0.338 e. The number of carbonyl (C=O) groups is 1. The van der Waals surface area contributed by atoms with Crippen molar-refractivity contribution in [3.63, 3.8) is 0 Å². The van der Waals surface area contributed by atoms with Crippen molar-refractivity contribution in [2.45, 2.75) is 26.2 Å². The summed E-state index contributed by atoms with van der Waals surface area (Å²) in [6.45, 7) is 4.72. The number of halogens is 1. The van der Waals surface area contributed by atoms with E-state index in [1.807, 2.05) is 18.2 Å². The van der Waals surface area contributed by atoms with E-state index in [-0.39, 0.29) is 18.4 Å². The maximum atomic E-state index is 11.0. The summed E-state index contributed by atoms with van der Waals surface area (Å²) in [5, 5.41) is 3.28. The summed E-state index contributed by atoms with van der Waals surface area (Å²) in [5.74, 6) is -0.256. The van der Waals surface area contributed by atoms with Crippen LogP contribution < -0.4 is 5.32 Å². The average molecular weight is 272 g/mol. The summed E-state index contributed by atoms with van der Waals surface area (Å²) in [5.41, 5.74) is 0.606. The maximum absolute atomic E-state index is 11.0. The molecule has 1 aromatic rings. The molecule has 0 amide bonds. The molecule has 1 heterocycles. The van der Waals surface area contributed by atoms with Crippen molar-refractivity contribution in [2.24, 2.45) is 0 Å². The van der Waals surface area contributed by atoms with E-state index >= 15 is 0 Å². The Morgan fingerprint density at radius 1 is 1.17 bits per heavy atom. The number of hydrogen-bond acceptors (Lipinski definition) is 3. The van der Waals surface area contributed by atoms with Crippen LogP contribution in [-0.4, -0.2) is 25.7 Å². The molecule has 4 heteroatoms. The molecule has 1 aliphatic heterocycles. The van der Waals surface area contributed by atoms with E-state index in [2.05, 4.69) is 5.32 Å². The molecule has 18 heavy (non-hydrogen) atoms. The molecule has 1 saturated heterocycles. The number of ether oxygens (including phenoxy) is 1. The Bertz CT molecular complexity index is 301. The van der Waals surface area contributed by atoms with Crippen LogP contribution in [0.4, 0.5) is 0 Å². The molecule has 1 N–H and O–H groups in total. The topological polar surface area (TPSA) is 38.3 Å². The molecule has 3 nitrogen and oxygen atoms in total. The zero-order valence-electron chi connectivity index (χ0n) is 10.9. The Hall–Kier alpha value is -1.06. The SMILES string of the molecule is C1CCNCC1.CCOC(=O)c1ccccc1.Cl. The molecule has 102 valence electrons. The molecule has 1 aliphatic rings. The minimum Gasteiger partial charge on any atom is -0.462 e. The normalized spacial score (nSPS) is 13.6. The average Bonchev–Trinajstić information content (AvgIpc) is 2.43. The number of rotatable bonds is 2. The van der Waals surface area contributed by atoms with Crippen LogP contribution in [0.15, 0.2) is 30.3 Å². The van der Waals surface area contributed by atoms with Crippen molar-refractivity contribution < 1.29 is 9.53 Å². The van der Waals surface area contributed by atoms with Gasteiger partial charge in [0.15, 0.2) is 0 Å². The number of benzene rings is 1. The quantitative estimate of drug-likeness (QED) is 0.841. The van der Waals surface area contributed by atoms with Gasteiger partial charge in [0.25, 0.3) is 0 Å². The highest BCUT2D eigenvalue weighted by atomic mass is 35.5. The van der Waals surface area contributed by atoms with Crippen LogP contribution in [0.5, 0.6) is 0 Å². The second kappa shape index (κ2) is 11.1. The Morgan fingerprint density at radius 2 is 1.78 bits per heavy atom. The van der Waals surface area contributed by atoms with E-state index in [1.165, 1.54) is 32.4 Å². The van der Waals surface area contributed by atoms with Crippen LogP contribution in [0.2, 0.25) is 0 Å². The highest BCUT2D eigenvalue weighted by Crippen LogP contribution is 2.00. The minimum absolute atomic E-state index is 0. The number of piperidine rings is 1. The van der Waals surface area contributed by atoms with E-state index in [0.29, 0.717) is 12.2 Å². The highest BCUT2D eigenvalue weighted by molar-refractivity contribution is 5.89. The fourth-order valence-corrected chi connectivity index (χ4v) is 1.59. The van der Waals surface area contributed by atoms with E-state index in [0.717, 1.165) is 0 Å². The van der Waals surface area contributed by atoms with Gasteiger partial charge in [0.1, 0.15) is 0 Å². The van der Waals surface area contributed by atoms with Crippen molar-refractivity contribution in [3.8, 4) is 0 Å². The molecule has 0 spiro atoms. The molecule has 0 saturated carbocycles. The number of nitrogens with one attached hydrogen (secondary N) is 1. The summed E-state index contributed by atoms with van der Waals surface area (Å²) >= 11 is 0. The van der Waals surface area contributed by atoms with Gasteiger partial charge < -0.3 is 10.1 Å². The number of carbonyl (C=O) groups excluding carboxylic acids is 1. The second-order valence-corrected chi connectivity index (χ2v) is 3.90. The van der Waals surface area contributed by atoms with E-state index in [1.54, 1.807) is 19.1 Å². The largest absolute Gasteiger partial charge is 0.462 e. The van der Waals surface area contributed by atoms with Crippen LogP contribution in [0, 0.1) is 0 Å². The van der Waals surface area contributed by atoms with Gasteiger partial charge in [-0.3, -0.25) is 0 Å². The van der Waals surface area contributed by atoms with Crippen LogP contribution in [0.25, 0.3) is 0 Å². The zero-order valence-corrected chi connectivity index (χ0v) is 11.7. The van der Waals surface area contributed by atoms with Gasteiger partial charge in [-0.15, -0.1) is 12.4 Å². The van der Waals surface area contributed by atoms with Gasteiger partial charge >= 0.3 is 5.97 Å². The summed E-state index contributed by atoms with van der Waals surface area (Å²) in [6.07, 6.45) is 4.22. The Morgan fingerprint density at radius 3 is 2.17 bits per heavy atom. The number of hydrogen-bond donors (Lipinski definition) is 1. The van der Waals surface area contributed by atoms with Crippen LogP contribution in [-0.2, 0) is 4.74 Å². The van der Waals surface area contributed by atoms with Gasteiger partial charge in [-0.1, -0.05) is 24.6 Å². The van der Waals surface area contributed by atoms with E-state index in [4.69, 9.17) is 4.74 Å². The zero-order chi connectivity index (χ0) is 12.3. The first kappa shape index (κ1) is 16.9. The van der Waals surface area contributed by atoms with Crippen molar-refractivity contribution in [1.29, 1.82) is 0 Å². The van der Waals surface area contributed by atoms with Gasteiger partial charge in [0.2, 0.25) is 0 Å². The van der Waals surface area contributed by atoms with Crippen molar-refractivity contribution in [2.75, 3.05) is 19.7 Å². The summed E-state index contributed by atoms with van der Waals surface area (Å²) in [6, 6.07) is 8.96. The van der Waals surface area contributed by atoms with Gasteiger partial charge in [-0.25, -0.2) is 4.79 Å². The lowest BCUT2D eigenvalue weighted by Gasteiger charge is -2.08. The summed E-state index contributed by atoms with van der Waals surface area (Å²) in [7, 11) is 0. The van der Waals surface area contributed by atoms with Crippen LogP contribution >= 0.6 is 12.4 Å². The second-order valence-electron chi connectivity index (χ2n) is 3.90.